The normalized spacial score (nSPS) is 12.3. The third-order valence-corrected chi connectivity index (χ3v) is 4.80. The molecule has 3 rings (SSSR count). The van der Waals surface area contributed by atoms with Crippen molar-refractivity contribution >= 4 is 37.0 Å². The molecular weight excluding hydrogens is 423 g/mol. The smallest absolute Gasteiger partial charge is 0.376 e. The summed E-state index contributed by atoms with van der Waals surface area (Å²) >= 11 is 3.36. The number of halogens is 4. The second-order valence-corrected chi connectivity index (χ2v) is 7.52. The number of alkyl halides is 3. The van der Waals surface area contributed by atoms with E-state index in [1.165, 1.54) is 12.1 Å². The lowest BCUT2D eigenvalue weighted by molar-refractivity contribution is -0.0500. The Balaban J connectivity index is 1.89. The summed E-state index contributed by atoms with van der Waals surface area (Å²) in [5.41, 5.74) is -3.29. The van der Waals surface area contributed by atoms with Crippen LogP contribution in [-0.2, 0) is 10.1 Å². The maximum absolute atomic E-state index is 12.3. The summed E-state index contributed by atoms with van der Waals surface area (Å²) in [5, 5.41) is 0.890. The number of benzene rings is 2. The summed E-state index contributed by atoms with van der Waals surface area (Å²) < 4.78 is 63.9. The number of rotatable bonds is 3. The third kappa shape index (κ3) is 3.77. The summed E-state index contributed by atoms with van der Waals surface area (Å²) in [6.45, 7) is 0. The highest BCUT2D eigenvalue weighted by molar-refractivity contribution is 9.10. The van der Waals surface area contributed by atoms with Crippen LogP contribution in [0.3, 0.4) is 0 Å². The van der Waals surface area contributed by atoms with E-state index >= 15 is 0 Å². The summed E-state index contributed by atoms with van der Waals surface area (Å²) in [6.07, 6.45) is 1.62. The third-order valence-electron chi connectivity index (χ3n) is 3.32. The van der Waals surface area contributed by atoms with Crippen molar-refractivity contribution in [2.75, 3.05) is 0 Å². The van der Waals surface area contributed by atoms with Gasteiger partial charge in [0.05, 0.1) is 5.52 Å². The molecule has 9 heteroatoms. The SMILES string of the molecule is O=S(=O)(Oc1ccc(-c2cnc3cc(Br)ccc3c2)cc1)C(F)(F)F. The molecule has 130 valence electrons. The topological polar surface area (TPSA) is 56.3 Å². The largest absolute Gasteiger partial charge is 0.534 e. The lowest BCUT2D eigenvalue weighted by atomic mass is 10.1. The molecule has 0 N–H and O–H groups in total. The quantitative estimate of drug-likeness (QED) is 0.437. The highest BCUT2D eigenvalue weighted by Gasteiger charge is 2.48. The lowest BCUT2D eigenvalue weighted by Crippen LogP contribution is -2.28. The van der Waals surface area contributed by atoms with E-state index in [1.54, 1.807) is 6.20 Å². The molecule has 0 aliphatic heterocycles. The monoisotopic (exact) mass is 431 g/mol. The molecular formula is C16H9BrF3NO3S. The van der Waals surface area contributed by atoms with Crippen LogP contribution < -0.4 is 4.18 Å². The standard InChI is InChI=1S/C16H9BrF3NO3S/c17-13-4-1-11-7-12(9-21-15(11)8-13)10-2-5-14(6-3-10)24-25(22,23)16(18,19)20/h1-9H. The highest BCUT2D eigenvalue weighted by atomic mass is 79.9. The first-order valence-corrected chi connectivity index (χ1v) is 9.02. The van der Waals surface area contributed by atoms with Gasteiger partial charge in [0.25, 0.3) is 0 Å². The van der Waals surface area contributed by atoms with Gasteiger partial charge in [0.15, 0.2) is 0 Å². The molecule has 2 aromatic carbocycles. The van der Waals surface area contributed by atoms with Crippen molar-refractivity contribution in [1.82, 2.24) is 4.98 Å². The predicted molar refractivity (Wildman–Crippen MR) is 90.5 cm³/mol. The zero-order chi connectivity index (χ0) is 18.2. The first-order chi connectivity index (χ1) is 11.7. The van der Waals surface area contributed by atoms with Gasteiger partial charge in [-0.3, -0.25) is 4.98 Å². The zero-order valence-corrected chi connectivity index (χ0v) is 14.7. The number of hydrogen-bond acceptors (Lipinski definition) is 4. The number of pyridine rings is 1. The zero-order valence-electron chi connectivity index (χ0n) is 12.3. The fourth-order valence-corrected chi connectivity index (χ4v) is 2.94. The fourth-order valence-electron chi connectivity index (χ4n) is 2.13. The molecule has 0 fully saturated rings. The van der Waals surface area contributed by atoms with Gasteiger partial charge in [-0.2, -0.15) is 21.6 Å². The number of hydrogen-bond donors (Lipinski definition) is 0. The van der Waals surface area contributed by atoms with Crippen LogP contribution >= 0.6 is 15.9 Å². The van der Waals surface area contributed by atoms with Gasteiger partial charge in [0.1, 0.15) is 5.75 Å². The minimum Gasteiger partial charge on any atom is -0.376 e. The summed E-state index contributed by atoms with van der Waals surface area (Å²) in [4.78, 5) is 4.33. The van der Waals surface area contributed by atoms with Gasteiger partial charge >= 0.3 is 15.6 Å². The molecule has 0 radical (unpaired) electrons. The molecule has 0 unspecified atom stereocenters. The second-order valence-electron chi connectivity index (χ2n) is 5.07. The molecule has 1 aromatic heterocycles. The molecule has 25 heavy (non-hydrogen) atoms. The number of fused-ring (bicyclic) bond motifs is 1. The van der Waals surface area contributed by atoms with Crippen molar-refractivity contribution in [1.29, 1.82) is 0 Å². The van der Waals surface area contributed by atoms with E-state index in [9.17, 15) is 21.6 Å². The molecule has 0 amide bonds. The van der Waals surface area contributed by atoms with E-state index in [4.69, 9.17) is 0 Å². The molecule has 4 nitrogen and oxygen atoms in total. The Bertz CT molecular complexity index is 1030. The Morgan fingerprint density at radius 1 is 0.960 bits per heavy atom. The molecule has 0 aliphatic carbocycles. The lowest BCUT2D eigenvalue weighted by Gasteiger charge is -2.10. The van der Waals surface area contributed by atoms with E-state index < -0.39 is 21.4 Å². The number of aromatic nitrogens is 1. The summed E-state index contributed by atoms with van der Waals surface area (Å²) in [7, 11) is -5.68. The van der Waals surface area contributed by atoms with E-state index in [1.807, 2.05) is 24.3 Å². The first-order valence-electron chi connectivity index (χ1n) is 6.82. The van der Waals surface area contributed by atoms with E-state index in [0.717, 1.165) is 33.1 Å². The molecule has 0 bridgehead atoms. The van der Waals surface area contributed by atoms with Crippen LogP contribution in [0.5, 0.6) is 5.75 Å². The molecule has 3 aromatic rings. The minimum atomic E-state index is -5.68. The van der Waals surface area contributed by atoms with Crippen LogP contribution in [0.25, 0.3) is 22.0 Å². The molecule has 0 saturated carbocycles. The van der Waals surface area contributed by atoms with Crippen molar-refractivity contribution in [2.24, 2.45) is 0 Å². The summed E-state index contributed by atoms with van der Waals surface area (Å²) in [6, 6.07) is 12.7. The fraction of sp³-hybridized carbons (Fsp3) is 0.0625. The van der Waals surface area contributed by atoms with Crippen molar-refractivity contribution in [3.05, 3.63) is 59.2 Å². The van der Waals surface area contributed by atoms with Crippen molar-refractivity contribution in [2.45, 2.75) is 5.51 Å². The van der Waals surface area contributed by atoms with Crippen molar-refractivity contribution < 1.29 is 25.8 Å². The average molecular weight is 432 g/mol. The predicted octanol–water partition coefficient (Wildman–Crippen LogP) is 4.89. The summed E-state index contributed by atoms with van der Waals surface area (Å²) in [5.74, 6) is -0.418. The Hall–Kier alpha value is -2.13. The molecule has 1 heterocycles. The van der Waals surface area contributed by atoms with Gasteiger partial charge in [-0.1, -0.05) is 34.1 Å². The van der Waals surface area contributed by atoms with E-state index in [0.29, 0.717) is 5.56 Å². The maximum Gasteiger partial charge on any atom is 0.534 e. The van der Waals surface area contributed by atoms with Crippen LogP contribution in [0.15, 0.2) is 59.2 Å². The van der Waals surface area contributed by atoms with Crippen LogP contribution in [-0.4, -0.2) is 18.9 Å². The van der Waals surface area contributed by atoms with Crippen LogP contribution in [0.2, 0.25) is 0 Å². The minimum absolute atomic E-state index is 0.418. The first kappa shape index (κ1) is 17.7. The second kappa shape index (κ2) is 6.30. The van der Waals surface area contributed by atoms with Gasteiger partial charge in [0.2, 0.25) is 0 Å². The Morgan fingerprint density at radius 2 is 1.64 bits per heavy atom. The van der Waals surface area contributed by atoms with Crippen molar-refractivity contribution in [3.8, 4) is 16.9 Å². The Morgan fingerprint density at radius 3 is 2.28 bits per heavy atom. The van der Waals surface area contributed by atoms with Gasteiger partial charge < -0.3 is 4.18 Å². The van der Waals surface area contributed by atoms with E-state index in [-0.39, 0.29) is 0 Å². The number of nitrogens with zero attached hydrogens (tertiary/aromatic N) is 1. The molecule has 0 spiro atoms. The highest BCUT2D eigenvalue weighted by Crippen LogP contribution is 2.29. The molecule has 0 atom stereocenters. The molecule has 0 saturated heterocycles. The Labute approximate surface area is 149 Å². The average Bonchev–Trinajstić information content (AvgIpc) is 2.53. The maximum atomic E-state index is 12.3. The van der Waals surface area contributed by atoms with Gasteiger partial charge in [-0.05, 0) is 35.9 Å². The van der Waals surface area contributed by atoms with Crippen LogP contribution in [0.4, 0.5) is 13.2 Å². The van der Waals surface area contributed by atoms with Gasteiger partial charge in [0, 0.05) is 21.6 Å². The van der Waals surface area contributed by atoms with E-state index in [2.05, 4.69) is 25.1 Å². The van der Waals surface area contributed by atoms with Crippen LogP contribution in [0.1, 0.15) is 0 Å². The van der Waals surface area contributed by atoms with Gasteiger partial charge in [-0.25, -0.2) is 0 Å². The Kier molecular flexibility index (Phi) is 4.46. The van der Waals surface area contributed by atoms with Gasteiger partial charge in [-0.15, -0.1) is 0 Å². The van der Waals surface area contributed by atoms with Crippen LogP contribution in [0, 0.1) is 0 Å². The molecule has 0 aliphatic rings. The van der Waals surface area contributed by atoms with Crippen molar-refractivity contribution in [3.63, 3.8) is 0 Å².